The lowest BCUT2D eigenvalue weighted by Crippen LogP contribution is -2.31. The molecule has 0 spiro atoms. The standard InChI is InChI=1S/C15H20ClNO.ClH/c1-17(14-4-2-3-5-14)11-10-15(18)12-6-8-13(16)9-7-12;/h6-9,14H,2-5,10-11H2,1H3;1H. The highest BCUT2D eigenvalue weighted by Gasteiger charge is 2.19. The van der Waals surface area contributed by atoms with Crippen molar-refractivity contribution in [2.45, 2.75) is 38.1 Å². The van der Waals surface area contributed by atoms with Crippen LogP contribution in [0.5, 0.6) is 0 Å². The smallest absolute Gasteiger partial charge is 0.164 e. The van der Waals surface area contributed by atoms with Crippen molar-refractivity contribution in [1.29, 1.82) is 0 Å². The molecule has 1 aliphatic carbocycles. The Morgan fingerprint density at radius 1 is 1.26 bits per heavy atom. The summed E-state index contributed by atoms with van der Waals surface area (Å²) in [5, 5.41) is 0.676. The Hall–Kier alpha value is -0.570. The Kier molecular flexibility index (Phi) is 6.84. The number of carbonyl (C=O) groups is 1. The van der Waals surface area contributed by atoms with Gasteiger partial charge in [-0.15, -0.1) is 12.4 Å². The van der Waals surface area contributed by atoms with Crippen molar-refractivity contribution in [1.82, 2.24) is 4.90 Å². The monoisotopic (exact) mass is 301 g/mol. The van der Waals surface area contributed by atoms with Gasteiger partial charge in [0.2, 0.25) is 0 Å². The first-order valence-electron chi connectivity index (χ1n) is 6.66. The summed E-state index contributed by atoms with van der Waals surface area (Å²) in [4.78, 5) is 14.3. The molecule has 0 heterocycles. The fourth-order valence-corrected chi connectivity index (χ4v) is 2.71. The van der Waals surface area contributed by atoms with Gasteiger partial charge in [-0.3, -0.25) is 4.79 Å². The Bertz CT molecular complexity index is 399. The van der Waals surface area contributed by atoms with Gasteiger partial charge in [0.15, 0.2) is 5.78 Å². The molecule has 0 unspecified atom stereocenters. The minimum atomic E-state index is 0. The molecule has 1 saturated carbocycles. The van der Waals surface area contributed by atoms with Gasteiger partial charge in [0.25, 0.3) is 0 Å². The highest BCUT2D eigenvalue weighted by atomic mass is 35.5. The third-order valence-corrected chi connectivity index (χ3v) is 4.06. The normalized spacial score (nSPS) is 15.5. The predicted molar refractivity (Wildman–Crippen MR) is 82.5 cm³/mol. The van der Waals surface area contributed by atoms with Gasteiger partial charge in [-0.2, -0.15) is 0 Å². The highest BCUT2D eigenvalue weighted by Crippen LogP contribution is 2.22. The molecule has 0 saturated heterocycles. The maximum absolute atomic E-state index is 12.0. The molecule has 1 fully saturated rings. The van der Waals surface area contributed by atoms with E-state index in [0.717, 1.165) is 12.1 Å². The van der Waals surface area contributed by atoms with Crippen molar-refractivity contribution in [2.75, 3.05) is 13.6 Å². The minimum absolute atomic E-state index is 0. The fraction of sp³-hybridized carbons (Fsp3) is 0.533. The summed E-state index contributed by atoms with van der Waals surface area (Å²) < 4.78 is 0. The second-order valence-corrected chi connectivity index (χ2v) is 5.54. The van der Waals surface area contributed by atoms with Crippen molar-refractivity contribution < 1.29 is 4.79 Å². The molecular weight excluding hydrogens is 281 g/mol. The van der Waals surface area contributed by atoms with E-state index in [4.69, 9.17) is 11.6 Å². The molecule has 0 radical (unpaired) electrons. The summed E-state index contributed by atoms with van der Waals surface area (Å²) in [6, 6.07) is 7.84. The zero-order valence-corrected chi connectivity index (χ0v) is 12.8. The zero-order valence-electron chi connectivity index (χ0n) is 11.3. The van der Waals surface area contributed by atoms with E-state index < -0.39 is 0 Å². The zero-order chi connectivity index (χ0) is 13.0. The van der Waals surface area contributed by atoms with Crippen molar-refractivity contribution in [3.8, 4) is 0 Å². The van der Waals surface area contributed by atoms with Crippen molar-refractivity contribution in [2.24, 2.45) is 0 Å². The molecule has 0 aromatic heterocycles. The molecule has 2 nitrogen and oxygen atoms in total. The second-order valence-electron chi connectivity index (χ2n) is 5.10. The van der Waals surface area contributed by atoms with E-state index in [1.807, 2.05) is 0 Å². The van der Waals surface area contributed by atoms with Crippen LogP contribution in [0.25, 0.3) is 0 Å². The molecule has 106 valence electrons. The van der Waals surface area contributed by atoms with Crippen LogP contribution in [0.1, 0.15) is 42.5 Å². The second kappa shape index (κ2) is 7.88. The van der Waals surface area contributed by atoms with Crippen LogP contribution >= 0.6 is 24.0 Å². The first kappa shape index (κ1) is 16.5. The molecule has 2 rings (SSSR count). The first-order valence-corrected chi connectivity index (χ1v) is 7.03. The summed E-state index contributed by atoms with van der Waals surface area (Å²) in [5.74, 6) is 0.205. The van der Waals surface area contributed by atoms with Gasteiger partial charge in [-0.1, -0.05) is 24.4 Å². The van der Waals surface area contributed by atoms with Crippen LogP contribution in [0.3, 0.4) is 0 Å². The summed E-state index contributed by atoms with van der Waals surface area (Å²) in [6.45, 7) is 0.853. The Morgan fingerprint density at radius 2 is 1.84 bits per heavy atom. The third-order valence-electron chi connectivity index (χ3n) is 3.81. The number of rotatable bonds is 5. The molecule has 19 heavy (non-hydrogen) atoms. The Balaban J connectivity index is 0.00000180. The van der Waals surface area contributed by atoms with E-state index in [1.54, 1.807) is 24.3 Å². The predicted octanol–water partition coefficient (Wildman–Crippen LogP) is 4.21. The van der Waals surface area contributed by atoms with E-state index in [9.17, 15) is 4.79 Å². The fourth-order valence-electron chi connectivity index (χ4n) is 2.59. The maximum atomic E-state index is 12.0. The van der Waals surface area contributed by atoms with Crippen LogP contribution < -0.4 is 0 Å². The van der Waals surface area contributed by atoms with Gasteiger partial charge < -0.3 is 4.90 Å². The number of nitrogens with zero attached hydrogens (tertiary/aromatic N) is 1. The number of hydrogen-bond acceptors (Lipinski definition) is 2. The molecule has 1 aromatic rings. The van der Waals surface area contributed by atoms with E-state index >= 15 is 0 Å². The van der Waals surface area contributed by atoms with Crippen molar-refractivity contribution in [3.63, 3.8) is 0 Å². The van der Waals surface area contributed by atoms with Crippen LogP contribution in [0.2, 0.25) is 5.02 Å². The van der Waals surface area contributed by atoms with Gasteiger partial charge in [0.05, 0.1) is 0 Å². The molecule has 1 aliphatic rings. The molecule has 4 heteroatoms. The third kappa shape index (κ3) is 4.79. The average molecular weight is 302 g/mol. The summed E-state index contributed by atoms with van der Waals surface area (Å²) in [6.07, 6.45) is 5.83. The molecule has 1 aromatic carbocycles. The van der Waals surface area contributed by atoms with Crippen molar-refractivity contribution in [3.05, 3.63) is 34.9 Å². The van der Waals surface area contributed by atoms with E-state index in [2.05, 4.69) is 11.9 Å². The van der Waals surface area contributed by atoms with Gasteiger partial charge in [0.1, 0.15) is 0 Å². The van der Waals surface area contributed by atoms with Gasteiger partial charge >= 0.3 is 0 Å². The number of Topliss-reactive ketones (excluding diaryl/α,β-unsaturated/α-hetero) is 1. The van der Waals surface area contributed by atoms with E-state index in [0.29, 0.717) is 17.5 Å². The Labute approximate surface area is 126 Å². The summed E-state index contributed by atoms with van der Waals surface area (Å²) >= 11 is 5.81. The van der Waals surface area contributed by atoms with Crippen LogP contribution in [-0.2, 0) is 0 Å². The number of ketones is 1. The lowest BCUT2D eigenvalue weighted by molar-refractivity contribution is 0.0961. The maximum Gasteiger partial charge on any atom is 0.164 e. The largest absolute Gasteiger partial charge is 0.303 e. The topological polar surface area (TPSA) is 20.3 Å². The number of halogens is 2. The average Bonchev–Trinajstić information content (AvgIpc) is 2.90. The van der Waals surface area contributed by atoms with Crippen molar-refractivity contribution >= 4 is 29.8 Å². The lowest BCUT2D eigenvalue weighted by atomic mass is 10.1. The molecule has 0 atom stereocenters. The Morgan fingerprint density at radius 3 is 2.42 bits per heavy atom. The van der Waals surface area contributed by atoms with Gasteiger partial charge in [0, 0.05) is 29.6 Å². The minimum Gasteiger partial charge on any atom is -0.303 e. The molecule has 0 N–H and O–H groups in total. The summed E-state index contributed by atoms with van der Waals surface area (Å²) in [7, 11) is 2.13. The first-order chi connectivity index (χ1) is 8.66. The summed E-state index contributed by atoms with van der Waals surface area (Å²) in [5.41, 5.74) is 0.763. The van der Waals surface area contributed by atoms with Crippen LogP contribution in [0.15, 0.2) is 24.3 Å². The molecular formula is C15H21Cl2NO. The van der Waals surface area contributed by atoms with Crippen LogP contribution in [0, 0.1) is 0 Å². The van der Waals surface area contributed by atoms with Gasteiger partial charge in [-0.05, 0) is 44.2 Å². The highest BCUT2D eigenvalue weighted by molar-refractivity contribution is 6.30. The van der Waals surface area contributed by atoms with Crippen LogP contribution in [-0.4, -0.2) is 30.3 Å². The van der Waals surface area contributed by atoms with E-state index in [-0.39, 0.29) is 18.2 Å². The molecule has 0 bridgehead atoms. The molecule has 0 aliphatic heterocycles. The molecule has 0 amide bonds. The van der Waals surface area contributed by atoms with Crippen LogP contribution in [0.4, 0.5) is 0 Å². The number of benzene rings is 1. The number of hydrogen-bond donors (Lipinski definition) is 0. The SMILES string of the molecule is CN(CCC(=O)c1ccc(Cl)cc1)C1CCCC1.Cl. The lowest BCUT2D eigenvalue weighted by Gasteiger charge is -2.23. The number of carbonyl (C=O) groups excluding carboxylic acids is 1. The quantitative estimate of drug-likeness (QED) is 0.759. The van der Waals surface area contributed by atoms with Gasteiger partial charge in [-0.25, -0.2) is 0 Å². The van der Waals surface area contributed by atoms with E-state index in [1.165, 1.54) is 25.7 Å².